The van der Waals surface area contributed by atoms with Crippen LogP contribution in [-0.4, -0.2) is 20.9 Å². The summed E-state index contributed by atoms with van der Waals surface area (Å²) in [5.74, 6) is -0.932. The van der Waals surface area contributed by atoms with E-state index in [0.29, 0.717) is 6.42 Å². The predicted molar refractivity (Wildman–Crippen MR) is 129 cm³/mol. The molecular weight excluding hydrogens is 439 g/mol. The normalized spacial score (nSPS) is 12.3. The zero-order chi connectivity index (χ0) is 24.2. The van der Waals surface area contributed by atoms with Gasteiger partial charge in [-0.1, -0.05) is 48.4 Å². The second kappa shape index (κ2) is 10.2. The Kier molecular flexibility index (Phi) is 7.53. The van der Waals surface area contributed by atoms with Crippen molar-refractivity contribution in [1.29, 1.82) is 0 Å². The van der Waals surface area contributed by atoms with Crippen molar-refractivity contribution >= 4 is 21.6 Å². The Balaban J connectivity index is 1.91. The average Bonchev–Trinajstić information content (AvgIpc) is 2.77. The van der Waals surface area contributed by atoms with Gasteiger partial charge >= 0.3 is 0 Å². The number of anilines is 1. The van der Waals surface area contributed by atoms with E-state index >= 15 is 0 Å². The maximum Gasteiger partial charge on any atom is 0.264 e. The van der Waals surface area contributed by atoms with Crippen LogP contribution in [0.25, 0.3) is 0 Å². The van der Waals surface area contributed by atoms with Gasteiger partial charge in [-0.2, -0.15) is 0 Å². The van der Waals surface area contributed by atoms with Gasteiger partial charge in [0.05, 0.1) is 16.6 Å². The summed E-state index contributed by atoms with van der Waals surface area (Å²) in [6.45, 7) is 7.39. The van der Waals surface area contributed by atoms with Gasteiger partial charge in [-0.3, -0.25) is 9.10 Å². The third-order valence-corrected chi connectivity index (χ3v) is 7.34. The molecule has 3 rings (SSSR count). The van der Waals surface area contributed by atoms with Crippen molar-refractivity contribution in [3.63, 3.8) is 0 Å². The number of carbonyl (C=O) groups is 1. The molecular formula is C26H29FN2O3S. The van der Waals surface area contributed by atoms with E-state index in [0.717, 1.165) is 26.6 Å². The number of rotatable bonds is 8. The molecule has 1 N–H and O–H groups in total. The van der Waals surface area contributed by atoms with Gasteiger partial charge in [0.2, 0.25) is 5.91 Å². The van der Waals surface area contributed by atoms with E-state index in [1.807, 2.05) is 39.8 Å². The van der Waals surface area contributed by atoms with Gasteiger partial charge in [-0.15, -0.1) is 0 Å². The van der Waals surface area contributed by atoms with Crippen LogP contribution in [0, 0.1) is 26.6 Å². The number of halogens is 1. The van der Waals surface area contributed by atoms with Gasteiger partial charge in [0.1, 0.15) is 12.4 Å². The van der Waals surface area contributed by atoms with Crippen LogP contribution in [0.2, 0.25) is 0 Å². The van der Waals surface area contributed by atoms with Crippen LogP contribution in [0.3, 0.4) is 0 Å². The van der Waals surface area contributed by atoms with E-state index in [1.165, 1.54) is 36.4 Å². The lowest BCUT2D eigenvalue weighted by Crippen LogP contribution is -2.42. The minimum Gasteiger partial charge on any atom is -0.348 e. The molecule has 174 valence electrons. The van der Waals surface area contributed by atoms with Gasteiger partial charge < -0.3 is 5.32 Å². The zero-order valence-corrected chi connectivity index (χ0v) is 20.1. The quantitative estimate of drug-likeness (QED) is 0.493. The summed E-state index contributed by atoms with van der Waals surface area (Å²) in [7, 11) is -4.05. The molecule has 0 bridgehead atoms. The molecule has 1 atom stereocenters. The van der Waals surface area contributed by atoms with Gasteiger partial charge in [0.15, 0.2) is 0 Å². The molecule has 0 aliphatic heterocycles. The Morgan fingerprint density at radius 3 is 2.12 bits per heavy atom. The molecule has 1 amide bonds. The molecule has 7 heteroatoms. The SMILES string of the molecule is CCC(NC(=O)CN(c1ccc(F)cc1)S(=O)(=O)c1ccc(C)cc1)c1ccc(C)cc1C. The molecule has 0 spiro atoms. The van der Waals surface area contributed by atoms with Crippen LogP contribution < -0.4 is 9.62 Å². The number of sulfonamides is 1. The van der Waals surface area contributed by atoms with Crippen molar-refractivity contribution in [2.45, 2.75) is 45.1 Å². The smallest absolute Gasteiger partial charge is 0.264 e. The summed E-state index contributed by atoms with van der Waals surface area (Å²) >= 11 is 0. The Morgan fingerprint density at radius 2 is 1.55 bits per heavy atom. The number of amides is 1. The lowest BCUT2D eigenvalue weighted by atomic mass is 9.97. The highest BCUT2D eigenvalue weighted by molar-refractivity contribution is 7.92. The Bertz CT molecular complexity index is 1220. The lowest BCUT2D eigenvalue weighted by Gasteiger charge is -2.26. The largest absolute Gasteiger partial charge is 0.348 e. The summed E-state index contributed by atoms with van der Waals surface area (Å²) in [4.78, 5) is 13.1. The van der Waals surface area contributed by atoms with Gasteiger partial charge in [0, 0.05) is 0 Å². The van der Waals surface area contributed by atoms with Crippen molar-refractivity contribution in [2.24, 2.45) is 0 Å². The highest BCUT2D eigenvalue weighted by Gasteiger charge is 2.28. The molecule has 0 heterocycles. The van der Waals surface area contributed by atoms with Crippen molar-refractivity contribution in [3.05, 3.63) is 94.8 Å². The van der Waals surface area contributed by atoms with E-state index in [9.17, 15) is 17.6 Å². The van der Waals surface area contributed by atoms with Gasteiger partial charge in [0.25, 0.3) is 10.0 Å². The first kappa shape index (κ1) is 24.5. The van der Waals surface area contributed by atoms with E-state index in [1.54, 1.807) is 12.1 Å². The monoisotopic (exact) mass is 468 g/mol. The van der Waals surface area contributed by atoms with Crippen LogP contribution in [0.5, 0.6) is 0 Å². The fourth-order valence-corrected chi connectivity index (χ4v) is 5.17. The molecule has 0 aliphatic rings. The number of carbonyl (C=O) groups excluding carboxylic acids is 1. The van der Waals surface area contributed by atoms with Crippen molar-refractivity contribution in [3.8, 4) is 0 Å². The number of aryl methyl sites for hydroxylation is 3. The van der Waals surface area contributed by atoms with Crippen LogP contribution in [-0.2, 0) is 14.8 Å². The van der Waals surface area contributed by atoms with Crippen molar-refractivity contribution in [2.75, 3.05) is 10.8 Å². The predicted octanol–water partition coefficient (Wildman–Crippen LogP) is 5.21. The molecule has 0 saturated carbocycles. The van der Waals surface area contributed by atoms with Crippen LogP contribution in [0.1, 0.15) is 41.6 Å². The third kappa shape index (κ3) is 5.79. The molecule has 0 aromatic heterocycles. The fourth-order valence-electron chi connectivity index (χ4n) is 3.75. The first-order valence-corrected chi connectivity index (χ1v) is 12.3. The minimum atomic E-state index is -4.05. The number of hydrogen-bond donors (Lipinski definition) is 1. The minimum absolute atomic E-state index is 0.0617. The zero-order valence-electron chi connectivity index (χ0n) is 19.3. The van der Waals surface area contributed by atoms with Gasteiger partial charge in [-0.25, -0.2) is 12.8 Å². The summed E-state index contributed by atoms with van der Waals surface area (Å²) in [5, 5.41) is 2.97. The van der Waals surface area contributed by atoms with Crippen LogP contribution in [0.15, 0.2) is 71.6 Å². The molecule has 3 aromatic rings. The third-order valence-electron chi connectivity index (χ3n) is 5.55. The second-order valence-electron chi connectivity index (χ2n) is 8.19. The first-order chi connectivity index (χ1) is 15.6. The Labute approximate surface area is 195 Å². The standard InChI is InChI=1S/C26H29FN2O3S/c1-5-25(24-15-8-19(3)16-20(24)4)28-26(30)17-29(22-11-9-21(27)10-12-22)33(31,32)23-13-6-18(2)7-14-23/h6-16,25H,5,17H2,1-4H3,(H,28,30). The summed E-state index contributed by atoms with van der Waals surface area (Å²) < 4.78 is 41.4. The summed E-state index contributed by atoms with van der Waals surface area (Å²) in [6.07, 6.45) is 0.650. The molecule has 3 aromatic carbocycles. The molecule has 0 fully saturated rings. The van der Waals surface area contributed by atoms with Crippen LogP contribution >= 0.6 is 0 Å². The number of hydrogen-bond acceptors (Lipinski definition) is 3. The highest BCUT2D eigenvalue weighted by atomic mass is 32.2. The van der Waals surface area contributed by atoms with E-state index in [2.05, 4.69) is 11.4 Å². The first-order valence-electron chi connectivity index (χ1n) is 10.8. The topological polar surface area (TPSA) is 66.5 Å². The summed E-state index contributed by atoms with van der Waals surface area (Å²) in [6, 6.07) is 17.2. The van der Waals surface area contributed by atoms with E-state index < -0.39 is 28.3 Å². The second-order valence-corrected chi connectivity index (χ2v) is 10.1. The molecule has 0 saturated heterocycles. The van der Waals surface area contributed by atoms with Crippen molar-refractivity contribution < 1.29 is 17.6 Å². The number of nitrogens with zero attached hydrogens (tertiary/aromatic N) is 1. The molecule has 33 heavy (non-hydrogen) atoms. The van der Waals surface area contributed by atoms with Crippen LogP contribution in [0.4, 0.5) is 10.1 Å². The molecule has 0 aliphatic carbocycles. The van der Waals surface area contributed by atoms with Gasteiger partial charge in [-0.05, 0) is 74.7 Å². The Morgan fingerprint density at radius 1 is 0.939 bits per heavy atom. The maximum atomic E-state index is 13.5. The molecule has 0 radical (unpaired) electrons. The van der Waals surface area contributed by atoms with E-state index in [-0.39, 0.29) is 16.6 Å². The maximum absolute atomic E-state index is 13.5. The molecule has 1 unspecified atom stereocenters. The number of nitrogens with one attached hydrogen (secondary N) is 1. The van der Waals surface area contributed by atoms with Crippen molar-refractivity contribution in [1.82, 2.24) is 5.32 Å². The lowest BCUT2D eigenvalue weighted by molar-refractivity contribution is -0.120. The average molecular weight is 469 g/mol. The highest BCUT2D eigenvalue weighted by Crippen LogP contribution is 2.25. The molecule has 5 nitrogen and oxygen atoms in total. The number of benzene rings is 3. The fraction of sp³-hybridized carbons (Fsp3) is 0.269. The summed E-state index contributed by atoms with van der Waals surface area (Å²) in [5.41, 5.74) is 4.31. The Hall–Kier alpha value is -3.19. The van der Waals surface area contributed by atoms with E-state index in [4.69, 9.17) is 0 Å².